The summed E-state index contributed by atoms with van der Waals surface area (Å²) in [5.41, 5.74) is 14.1. The Morgan fingerprint density at radius 1 is 0.346 bits per heavy atom. The van der Waals surface area contributed by atoms with Gasteiger partial charge in [0.2, 0.25) is 0 Å². The third kappa shape index (κ3) is 4.11. The van der Waals surface area contributed by atoms with Crippen molar-refractivity contribution >= 4 is 43.5 Å². The molecular formula is C51H32O. The maximum absolute atomic E-state index is 6.11. The molecule has 242 valence electrons. The summed E-state index contributed by atoms with van der Waals surface area (Å²) >= 11 is 0. The molecule has 1 aromatic heterocycles. The first-order valence-corrected chi connectivity index (χ1v) is 18.0. The summed E-state index contributed by atoms with van der Waals surface area (Å²) in [6, 6.07) is 71.3. The summed E-state index contributed by atoms with van der Waals surface area (Å²) in [7, 11) is 0. The van der Waals surface area contributed by atoms with Crippen LogP contribution in [0.1, 0.15) is 22.3 Å². The fraction of sp³-hybridized carbons (Fsp3) is 0.0196. The maximum Gasteiger partial charge on any atom is 0.135 e. The van der Waals surface area contributed by atoms with Crippen molar-refractivity contribution < 1.29 is 4.42 Å². The van der Waals surface area contributed by atoms with Gasteiger partial charge in [0.1, 0.15) is 11.2 Å². The first-order valence-electron chi connectivity index (χ1n) is 18.0. The molecule has 1 aliphatic carbocycles. The molecule has 1 nitrogen and oxygen atoms in total. The topological polar surface area (TPSA) is 13.1 Å². The molecule has 0 amide bonds. The second kappa shape index (κ2) is 11.2. The van der Waals surface area contributed by atoms with E-state index in [1.165, 1.54) is 77.2 Å². The number of furan rings is 1. The molecule has 0 saturated carbocycles. The normalized spacial score (nSPS) is 13.2. The van der Waals surface area contributed by atoms with Gasteiger partial charge in [-0.2, -0.15) is 0 Å². The molecule has 0 fully saturated rings. The molecule has 10 aromatic rings. The summed E-state index contributed by atoms with van der Waals surface area (Å²) in [4.78, 5) is 0. The summed E-state index contributed by atoms with van der Waals surface area (Å²) in [6.07, 6.45) is 0. The second-order valence-corrected chi connectivity index (χ2v) is 14.0. The van der Waals surface area contributed by atoms with Gasteiger partial charge in [0.25, 0.3) is 0 Å². The number of para-hydroxylation sites is 1. The zero-order valence-electron chi connectivity index (χ0n) is 28.4. The zero-order chi connectivity index (χ0) is 34.2. The molecule has 0 saturated heterocycles. The van der Waals surface area contributed by atoms with Crippen LogP contribution in [0.4, 0.5) is 0 Å². The van der Waals surface area contributed by atoms with Crippen LogP contribution in [0.5, 0.6) is 0 Å². The van der Waals surface area contributed by atoms with Crippen LogP contribution in [0.15, 0.2) is 199 Å². The lowest BCUT2D eigenvalue weighted by atomic mass is 9.66. The average molecular weight is 661 g/mol. The zero-order valence-corrected chi connectivity index (χ0v) is 28.4. The first-order chi connectivity index (χ1) is 25.8. The van der Waals surface area contributed by atoms with Gasteiger partial charge in [0.05, 0.1) is 5.41 Å². The number of rotatable bonds is 4. The van der Waals surface area contributed by atoms with E-state index in [2.05, 4.69) is 182 Å². The van der Waals surface area contributed by atoms with Gasteiger partial charge in [-0.05, 0) is 114 Å². The highest BCUT2D eigenvalue weighted by atomic mass is 16.3. The Morgan fingerprint density at radius 2 is 0.923 bits per heavy atom. The smallest absolute Gasteiger partial charge is 0.135 e. The largest absolute Gasteiger partial charge is 0.456 e. The lowest BCUT2D eigenvalue weighted by Crippen LogP contribution is -2.28. The Bertz CT molecular complexity index is 2960. The predicted octanol–water partition coefficient (Wildman–Crippen LogP) is 13.6. The maximum atomic E-state index is 6.11. The summed E-state index contributed by atoms with van der Waals surface area (Å²) in [6.45, 7) is 0. The van der Waals surface area contributed by atoms with Crippen molar-refractivity contribution in [2.45, 2.75) is 5.41 Å². The highest BCUT2D eigenvalue weighted by Gasteiger charge is 2.48. The van der Waals surface area contributed by atoms with E-state index >= 15 is 0 Å². The molecule has 1 heterocycles. The van der Waals surface area contributed by atoms with Crippen LogP contribution in [0.25, 0.3) is 76.9 Å². The first kappa shape index (κ1) is 29.1. The fourth-order valence-corrected chi connectivity index (χ4v) is 9.05. The highest BCUT2D eigenvalue weighted by molar-refractivity contribution is 6.08. The molecule has 52 heavy (non-hydrogen) atoms. The van der Waals surface area contributed by atoms with Crippen molar-refractivity contribution in [2.24, 2.45) is 0 Å². The van der Waals surface area contributed by atoms with E-state index in [0.717, 1.165) is 21.9 Å². The van der Waals surface area contributed by atoms with E-state index in [9.17, 15) is 0 Å². The SMILES string of the molecule is c1ccc(C2(c3ccccc3)c3ccccc3-c3c(-c4ccc5cc(-c6ccc7oc8ccccc8c7c6)ccc5c4)cc4ccccc4c32)cc1. The Hall–Kier alpha value is -6.70. The van der Waals surface area contributed by atoms with Gasteiger partial charge in [-0.3, -0.25) is 0 Å². The minimum absolute atomic E-state index is 0.475. The van der Waals surface area contributed by atoms with Gasteiger partial charge in [0.15, 0.2) is 0 Å². The molecule has 1 aliphatic rings. The molecule has 11 rings (SSSR count). The van der Waals surface area contributed by atoms with E-state index in [1.807, 2.05) is 12.1 Å². The number of benzene rings is 9. The Morgan fingerprint density at radius 3 is 1.71 bits per heavy atom. The van der Waals surface area contributed by atoms with E-state index < -0.39 is 5.41 Å². The van der Waals surface area contributed by atoms with Crippen molar-refractivity contribution in [3.63, 3.8) is 0 Å². The van der Waals surface area contributed by atoms with Gasteiger partial charge in [-0.25, -0.2) is 0 Å². The Labute approximate surface area is 302 Å². The van der Waals surface area contributed by atoms with E-state index in [0.29, 0.717) is 0 Å². The standard InChI is InChI=1S/C51H32O/c1-3-14-39(15-4-1)51(40-16-5-2-6-17-40)46-21-11-9-20-43(46)49-44(32-37-13-7-8-18-41(37)50(49)51)38-26-25-33-29-34(23-24-35(33)30-38)36-27-28-48-45(31-36)42-19-10-12-22-47(42)52-48/h1-32H. The molecule has 0 bridgehead atoms. The highest BCUT2D eigenvalue weighted by Crippen LogP contribution is 2.60. The lowest BCUT2D eigenvalue weighted by Gasteiger charge is -2.35. The quantitative estimate of drug-likeness (QED) is 0.183. The van der Waals surface area contributed by atoms with Crippen LogP contribution in [0.3, 0.4) is 0 Å². The van der Waals surface area contributed by atoms with Crippen molar-refractivity contribution in [3.05, 3.63) is 216 Å². The minimum atomic E-state index is -0.475. The molecule has 0 aliphatic heterocycles. The number of hydrogen-bond acceptors (Lipinski definition) is 1. The third-order valence-corrected chi connectivity index (χ3v) is 11.3. The molecule has 0 spiro atoms. The van der Waals surface area contributed by atoms with Crippen LogP contribution < -0.4 is 0 Å². The molecule has 9 aromatic carbocycles. The fourth-order valence-electron chi connectivity index (χ4n) is 9.05. The Kier molecular flexibility index (Phi) is 6.23. The van der Waals surface area contributed by atoms with E-state index in [1.54, 1.807) is 0 Å². The molecule has 0 atom stereocenters. The van der Waals surface area contributed by atoms with Crippen LogP contribution in [-0.4, -0.2) is 0 Å². The molecule has 0 radical (unpaired) electrons. The summed E-state index contributed by atoms with van der Waals surface area (Å²) < 4.78 is 6.11. The van der Waals surface area contributed by atoms with Crippen molar-refractivity contribution in [1.82, 2.24) is 0 Å². The predicted molar refractivity (Wildman–Crippen MR) is 217 cm³/mol. The van der Waals surface area contributed by atoms with E-state index in [4.69, 9.17) is 4.42 Å². The van der Waals surface area contributed by atoms with Gasteiger partial charge >= 0.3 is 0 Å². The van der Waals surface area contributed by atoms with Crippen LogP contribution >= 0.6 is 0 Å². The van der Waals surface area contributed by atoms with Crippen molar-refractivity contribution in [1.29, 1.82) is 0 Å². The van der Waals surface area contributed by atoms with Crippen LogP contribution in [0.2, 0.25) is 0 Å². The van der Waals surface area contributed by atoms with Gasteiger partial charge in [-0.15, -0.1) is 0 Å². The summed E-state index contributed by atoms with van der Waals surface area (Å²) in [5, 5.41) is 7.28. The monoisotopic (exact) mass is 660 g/mol. The summed E-state index contributed by atoms with van der Waals surface area (Å²) in [5.74, 6) is 0. The number of fused-ring (bicyclic) bond motifs is 9. The lowest BCUT2D eigenvalue weighted by molar-refractivity contribution is 0.669. The van der Waals surface area contributed by atoms with Crippen molar-refractivity contribution in [2.75, 3.05) is 0 Å². The molecule has 0 N–H and O–H groups in total. The average Bonchev–Trinajstić information content (AvgIpc) is 3.75. The van der Waals surface area contributed by atoms with Crippen molar-refractivity contribution in [3.8, 4) is 33.4 Å². The molecule has 1 heteroatoms. The van der Waals surface area contributed by atoms with Crippen LogP contribution in [-0.2, 0) is 5.41 Å². The molecule has 0 unspecified atom stereocenters. The second-order valence-electron chi connectivity index (χ2n) is 14.0. The van der Waals surface area contributed by atoms with Gasteiger partial charge in [0, 0.05) is 10.8 Å². The minimum Gasteiger partial charge on any atom is -0.456 e. The number of hydrogen-bond donors (Lipinski definition) is 0. The van der Waals surface area contributed by atoms with Crippen LogP contribution in [0, 0.1) is 0 Å². The molecular weight excluding hydrogens is 629 g/mol. The van der Waals surface area contributed by atoms with Gasteiger partial charge in [-0.1, -0.05) is 158 Å². The third-order valence-electron chi connectivity index (χ3n) is 11.3. The van der Waals surface area contributed by atoms with Gasteiger partial charge < -0.3 is 4.42 Å². The Balaban J connectivity index is 1.14. The van der Waals surface area contributed by atoms with E-state index in [-0.39, 0.29) is 0 Å².